The molecule has 0 radical (unpaired) electrons. The Morgan fingerprint density at radius 3 is 2.46 bits per heavy atom. The zero-order chi connectivity index (χ0) is 19.9. The molecule has 2 aromatic rings. The van der Waals surface area contributed by atoms with Crippen LogP contribution in [0, 0.1) is 5.82 Å². The van der Waals surface area contributed by atoms with E-state index in [1.807, 2.05) is 36.1 Å². The summed E-state index contributed by atoms with van der Waals surface area (Å²) in [6, 6.07) is 14.0. The number of carbonyl (C=O) groups is 2. The predicted molar refractivity (Wildman–Crippen MR) is 111 cm³/mol. The van der Waals surface area contributed by atoms with Gasteiger partial charge in [-0.1, -0.05) is 30.3 Å². The summed E-state index contributed by atoms with van der Waals surface area (Å²) in [5.74, 6) is 0.00426. The van der Waals surface area contributed by atoms with Crippen LogP contribution >= 0.6 is 11.8 Å². The molecule has 0 aliphatic carbocycles. The molecule has 1 heterocycles. The number of hydrogen-bond donors (Lipinski definition) is 1. The van der Waals surface area contributed by atoms with E-state index in [4.69, 9.17) is 0 Å². The minimum atomic E-state index is -0.244. The third-order valence-electron chi connectivity index (χ3n) is 4.89. The lowest BCUT2D eigenvalue weighted by Gasteiger charge is -2.15. The van der Waals surface area contributed by atoms with E-state index in [0.29, 0.717) is 17.7 Å². The summed E-state index contributed by atoms with van der Waals surface area (Å²) in [6.45, 7) is 3.97. The van der Waals surface area contributed by atoms with E-state index in [9.17, 15) is 14.0 Å². The Labute approximate surface area is 169 Å². The number of carbonyl (C=O) groups excluding carboxylic acids is 2. The minimum Gasteiger partial charge on any atom is -0.351 e. The third kappa shape index (κ3) is 5.35. The van der Waals surface area contributed by atoms with Crippen LogP contribution in [0.4, 0.5) is 4.39 Å². The van der Waals surface area contributed by atoms with Crippen molar-refractivity contribution in [2.24, 2.45) is 0 Å². The van der Waals surface area contributed by atoms with Crippen molar-refractivity contribution < 1.29 is 14.0 Å². The Bertz CT molecular complexity index is 820. The average Bonchev–Trinajstić information content (AvgIpc) is 3.25. The molecule has 0 bridgehead atoms. The third-order valence-corrected chi connectivity index (χ3v) is 6.07. The van der Waals surface area contributed by atoms with Crippen molar-refractivity contribution in [3.63, 3.8) is 0 Å². The normalized spacial score (nSPS) is 14.7. The number of hydrogen-bond acceptors (Lipinski definition) is 3. The van der Waals surface area contributed by atoms with Gasteiger partial charge in [-0.15, -0.1) is 11.8 Å². The van der Waals surface area contributed by atoms with Gasteiger partial charge in [-0.3, -0.25) is 9.59 Å². The van der Waals surface area contributed by atoms with Crippen molar-refractivity contribution in [3.05, 3.63) is 71.0 Å². The van der Waals surface area contributed by atoms with E-state index in [1.54, 1.807) is 18.2 Å². The van der Waals surface area contributed by atoms with E-state index >= 15 is 0 Å². The summed E-state index contributed by atoms with van der Waals surface area (Å²) < 4.78 is 13.8. The SMILES string of the molecule is CC(SCC(=O)NCc1ccc(C(=O)N2CCCC2)cc1)c1ccccc1F. The Morgan fingerprint density at radius 2 is 1.79 bits per heavy atom. The number of amides is 2. The molecule has 1 atom stereocenters. The van der Waals surface area contributed by atoms with Crippen LogP contribution in [0.2, 0.25) is 0 Å². The molecular weight excluding hydrogens is 375 g/mol. The number of halogens is 1. The molecule has 0 saturated carbocycles. The summed E-state index contributed by atoms with van der Waals surface area (Å²) in [5, 5.41) is 2.78. The summed E-state index contributed by atoms with van der Waals surface area (Å²) in [7, 11) is 0. The fraction of sp³-hybridized carbons (Fsp3) is 0.364. The molecule has 6 heteroatoms. The molecule has 1 saturated heterocycles. The lowest BCUT2D eigenvalue weighted by Crippen LogP contribution is -2.27. The van der Waals surface area contributed by atoms with Crippen molar-refractivity contribution >= 4 is 23.6 Å². The second-order valence-electron chi connectivity index (χ2n) is 6.95. The van der Waals surface area contributed by atoms with E-state index in [-0.39, 0.29) is 28.6 Å². The molecule has 2 aromatic carbocycles. The van der Waals surface area contributed by atoms with E-state index in [0.717, 1.165) is 31.5 Å². The molecule has 1 aliphatic rings. The van der Waals surface area contributed by atoms with Gasteiger partial charge in [-0.25, -0.2) is 4.39 Å². The van der Waals surface area contributed by atoms with Crippen LogP contribution in [0.25, 0.3) is 0 Å². The maximum atomic E-state index is 13.8. The van der Waals surface area contributed by atoms with Gasteiger partial charge in [-0.2, -0.15) is 0 Å². The largest absolute Gasteiger partial charge is 0.351 e. The highest BCUT2D eigenvalue weighted by molar-refractivity contribution is 8.00. The van der Waals surface area contributed by atoms with Gasteiger partial charge in [0, 0.05) is 36.0 Å². The monoisotopic (exact) mass is 400 g/mol. The molecule has 28 heavy (non-hydrogen) atoms. The summed E-state index contributed by atoms with van der Waals surface area (Å²) in [5.41, 5.74) is 2.24. The van der Waals surface area contributed by atoms with Crippen LogP contribution < -0.4 is 5.32 Å². The highest BCUT2D eigenvalue weighted by Crippen LogP contribution is 2.29. The summed E-state index contributed by atoms with van der Waals surface area (Å²) >= 11 is 1.41. The fourth-order valence-corrected chi connectivity index (χ4v) is 4.09. The van der Waals surface area contributed by atoms with Crippen LogP contribution in [-0.2, 0) is 11.3 Å². The maximum Gasteiger partial charge on any atom is 0.253 e. The molecule has 4 nitrogen and oxygen atoms in total. The number of nitrogens with zero attached hydrogens (tertiary/aromatic N) is 1. The van der Waals surface area contributed by atoms with Crippen LogP contribution in [-0.4, -0.2) is 35.6 Å². The van der Waals surface area contributed by atoms with Crippen molar-refractivity contribution in [1.29, 1.82) is 0 Å². The van der Waals surface area contributed by atoms with Crippen molar-refractivity contribution in [2.75, 3.05) is 18.8 Å². The Kier molecular flexibility index (Phi) is 7.09. The second kappa shape index (κ2) is 9.73. The first kappa shape index (κ1) is 20.4. The number of nitrogens with one attached hydrogen (secondary N) is 1. The average molecular weight is 401 g/mol. The zero-order valence-corrected chi connectivity index (χ0v) is 16.8. The molecule has 2 amide bonds. The first-order valence-corrected chi connectivity index (χ1v) is 10.6. The molecule has 1 aliphatic heterocycles. The molecule has 0 aromatic heterocycles. The van der Waals surface area contributed by atoms with Gasteiger partial charge in [0.2, 0.25) is 5.91 Å². The molecule has 148 valence electrons. The second-order valence-corrected chi connectivity index (χ2v) is 8.28. The van der Waals surface area contributed by atoms with Gasteiger partial charge in [0.05, 0.1) is 5.75 Å². The first-order chi connectivity index (χ1) is 13.5. The van der Waals surface area contributed by atoms with Crippen LogP contribution in [0.3, 0.4) is 0 Å². The minimum absolute atomic E-state index is 0.0756. The van der Waals surface area contributed by atoms with Gasteiger partial charge < -0.3 is 10.2 Å². The molecule has 1 N–H and O–H groups in total. The topological polar surface area (TPSA) is 49.4 Å². The van der Waals surface area contributed by atoms with Gasteiger partial charge in [0.25, 0.3) is 5.91 Å². The van der Waals surface area contributed by atoms with Crippen LogP contribution in [0.5, 0.6) is 0 Å². The van der Waals surface area contributed by atoms with Gasteiger partial charge in [-0.05, 0) is 43.5 Å². The van der Waals surface area contributed by atoms with Crippen LogP contribution in [0.1, 0.15) is 46.5 Å². The lowest BCUT2D eigenvalue weighted by molar-refractivity contribution is -0.118. The molecule has 1 unspecified atom stereocenters. The fourth-order valence-electron chi connectivity index (χ4n) is 3.21. The van der Waals surface area contributed by atoms with Gasteiger partial charge in [0.1, 0.15) is 5.82 Å². The van der Waals surface area contributed by atoms with E-state index in [2.05, 4.69) is 5.32 Å². The molecule has 0 spiro atoms. The summed E-state index contributed by atoms with van der Waals surface area (Å²) in [4.78, 5) is 26.3. The number of thioether (sulfide) groups is 1. The molecule has 3 rings (SSSR count). The van der Waals surface area contributed by atoms with Gasteiger partial charge >= 0.3 is 0 Å². The Hall–Kier alpha value is -2.34. The summed E-state index contributed by atoms with van der Waals surface area (Å²) in [6.07, 6.45) is 2.15. The van der Waals surface area contributed by atoms with Crippen molar-refractivity contribution in [3.8, 4) is 0 Å². The number of benzene rings is 2. The van der Waals surface area contributed by atoms with Gasteiger partial charge in [0.15, 0.2) is 0 Å². The smallest absolute Gasteiger partial charge is 0.253 e. The maximum absolute atomic E-state index is 13.8. The van der Waals surface area contributed by atoms with E-state index < -0.39 is 0 Å². The number of rotatable bonds is 7. The zero-order valence-electron chi connectivity index (χ0n) is 16.0. The Balaban J connectivity index is 1.44. The standard InChI is InChI=1S/C22H25FN2O2S/c1-16(19-6-2-3-7-20(19)23)28-15-21(26)24-14-17-8-10-18(11-9-17)22(27)25-12-4-5-13-25/h2-3,6-11,16H,4-5,12-15H2,1H3,(H,24,26). The molecular formula is C22H25FN2O2S. The quantitative estimate of drug-likeness (QED) is 0.759. The first-order valence-electron chi connectivity index (χ1n) is 9.55. The van der Waals surface area contributed by atoms with Crippen molar-refractivity contribution in [1.82, 2.24) is 10.2 Å². The Morgan fingerprint density at radius 1 is 1.11 bits per heavy atom. The highest BCUT2D eigenvalue weighted by atomic mass is 32.2. The highest BCUT2D eigenvalue weighted by Gasteiger charge is 2.19. The lowest BCUT2D eigenvalue weighted by atomic mass is 10.1. The van der Waals surface area contributed by atoms with Crippen molar-refractivity contribution in [2.45, 2.75) is 31.6 Å². The van der Waals surface area contributed by atoms with Crippen LogP contribution in [0.15, 0.2) is 48.5 Å². The molecule has 1 fully saturated rings. The van der Waals surface area contributed by atoms with E-state index in [1.165, 1.54) is 17.8 Å². The number of likely N-dealkylation sites (tertiary alicyclic amines) is 1. The predicted octanol–water partition coefficient (Wildman–Crippen LogP) is 4.17.